The number of hydrogen-bond donors (Lipinski definition) is 2. The second-order valence-corrected chi connectivity index (χ2v) is 2.28. The fourth-order valence-electron chi connectivity index (χ4n) is 0.367. The molecule has 0 fully saturated rings. The molecule has 0 saturated carbocycles. The summed E-state index contributed by atoms with van der Waals surface area (Å²) < 4.78 is 0. The summed E-state index contributed by atoms with van der Waals surface area (Å²) in [5.41, 5.74) is 0. The lowest BCUT2D eigenvalue weighted by atomic mass is 10.1. The molecule has 1 amide bonds. The lowest BCUT2D eigenvalue weighted by Crippen LogP contribution is -2.30. The average Bonchev–Trinajstić information content (AvgIpc) is 1.82. The molecular formula is C6H11NO3. The van der Waals surface area contributed by atoms with Gasteiger partial charge in [-0.1, -0.05) is 13.8 Å². The molecule has 4 heteroatoms. The second-order valence-electron chi connectivity index (χ2n) is 2.28. The van der Waals surface area contributed by atoms with Crippen LogP contribution in [0.2, 0.25) is 0 Å². The molecule has 0 radical (unpaired) electrons. The van der Waals surface area contributed by atoms with E-state index in [1.807, 2.05) is 5.32 Å². The van der Waals surface area contributed by atoms with Crippen LogP contribution in [0.4, 0.5) is 4.79 Å². The molecule has 4 nitrogen and oxygen atoms in total. The van der Waals surface area contributed by atoms with Gasteiger partial charge in [-0.2, -0.15) is 0 Å². The molecule has 0 aliphatic heterocycles. The van der Waals surface area contributed by atoms with Crippen LogP contribution in [0, 0.1) is 5.92 Å². The highest BCUT2D eigenvalue weighted by molar-refractivity contribution is 5.84. The monoisotopic (exact) mass is 145 g/mol. The molecule has 0 aromatic heterocycles. The molecule has 0 heterocycles. The van der Waals surface area contributed by atoms with E-state index >= 15 is 0 Å². The molecule has 0 bridgehead atoms. The number of ketones is 1. The van der Waals surface area contributed by atoms with Gasteiger partial charge in [0.15, 0.2) is 5.78 Å². The van der Waals surface area contributed by atoms with Crippen LogP contribution >= 0.6 is 0 Å². The van der Waals surface area contributed by atoms with E-state index < -0.39 is 6.09 Å². The lowest BCUT2D eigenvalue weighted by Gasteiger charge is -2.01. The van der Waals surface area contributed by atoms with Crippen LogP contribution in [0.25, 0.3) is 0 Å². The Hall–Kier alpha value is -1.06. The fourth-order valence-corrected chi connectivity index (χ4v) is 0.367. The first-order valence-electron chi connectivity index (χ1n) is 3.03. The molecule has 2 N–H and O–H groups in total. The Balaban J connectivity index is 3.50. The summed E-state index contributed by atoms with van der Waals surface area (Å²) in [5.74, 6) is -0.200. The van der Waals surface area contributed by atoms with Crippen molar-refractivity contribution in [3.05, 3.63) is 0 Å². The standard InChI is InChI=1S/C6H11NO3/c1-4(2)5(8)3-7-6(9)10/h4,7H,3H2,1-2H3,(H,9,10). The number of amides is 1. The highest BCUT2D eigenvalue weighted by Crippen LogP contribution is 1.91. The van der Waals surface area contributed by atoms with Crippen molar-refractivity contribution in [3.8, 4) is 0 Å². The average molecular weight is 145 g/mol. The van der Waals surface area contributed by atoms with Crippen LogP contribution in [0.1, 0.15) is 13.8 Å². The Bertz CT molecular complexity index is 142. The van der Waals surface area contributed by atoms with Gasteiger partial charge in [-0.3, -0.25) is 4.79 Å². The van der Waals surface area contributed by atoms with Crippen LogP contribution in [-0.4, -0.2) is 23.5 Å². The maximum Gasteiger partial charge on any atom is 0.405 e. The van der Waals surface area contributed by atoms with Crippen molar-refractivity contribution in [2.45, 2.75) is 13.8 Å². The third-order valence-corrected chi connectivity index (χ3v) is 1.06. The summed E-state index contributed by atoms with van der Waals surface area (Å²) in [4.78, 5) is 20.6. The first kappa shape index (κ1) is 8.94. The Morgan fingerprint density at radius 2 is 2.00 bits per heavy atom. The summed E-state index contributed by atoms with van der Waals surface area (Å²) in [6.07, 6.45) is -1.16. The number of hydrogen-bond acceptors (Lipinski definition) is 2. The molecule has 58 valence electrons. The Labute approximate surface area is 59.2 Å². The first-order valence-corrected chi connectivity index (χ1v) is 3.03. The van der Waals surface area contributed by atoms with Gasteiger partial charge in [0.1, 0.15) is 0 Å². The van der Waals surface area contributed by atoms with Gasteiger partial charge in [0, 0.05) is 5.92 Å². The fraction of sp³-hybridized carbons (Fsp3) is 0.667. The highest BCUT2D eigenvalue weighted by atomic mass is 16.4. The molecule has 0 spiro atoms. The van der Waals surface area contributed by atoms with E-state index in [1.165, 1.54) is 0 Å². The van der Waals surface area contributed by atoms with Crippen LogP contribution in [-0.2, 0) is 4.79 Å². The smallest absolute Gasteiger partial charge is 0.405 e. The minimum Gasteiger partial charge on any atom is -0.465 e. The Morgan fingerprint density at radius 1 is 1.50 bits per heavy atom. The van der Waals surface area contributed by atoms with Crippen LogP contribution < -0.4 is 5.32 Å². The number of Topliss-reactive ketones (excluding diaryl/α,β-unsaturated/α-hetero) is 1. The lowest BCUT2D eigenvalue weighted by molar-refractivity contribution is -0.120. The first-order chi connectivity index (χ1) is 4.54. The third-order valence-electron chi connectivity index (χ3n) is 1.06. The van der Waals surface area contributed by atoms with Crippen molar-refractivity contribution in [2.24, 2.45) is 5.92 Å². The molecule has 10 heavy (non-hydrogen) atoms. The molecule has 0 aliphatic rings. The Kier molecular flexibility index (Phi) is 3.46. The summed E-state index contributed by atoms with van der Waals surface area (Å²) in [5, 5.41) is 10.1. The topological polar surface area (TPSA) is 66.4 Å². The van der Waals surface area contributed by atoms with E-state index in [4.69, 9.17) is 5.11 Å². The predicted octanol–water partition coefficient (Wildman–Crippen LogP) is 0.479. The van der Waals surface area contributed by atoms with Crippen molar-refractivity contribution in [1.29, 1.82) is 0 Å². The summed E-state index contributed by atoms with van der Waals surface area (Å²) in [7, 11) is 0. The number of carbonyl (C=O) groups is 2. The predicted molar refractivity (Wildman–Crippen MR) is 35.9 cm³/mol. The van der Waals surface area contributed by atoms with Gasteiger partial charge in [-0.15, -0.1) is 0 Å². The summed E-state index contributed by atoms with van der Waals surface area (Å²) >= 11 is 0. The minimum atomic E-state index is -1.16. The van der Waals surface area contributed by atoms with Crippen molar-refractivity contribution in [1.82, 2.24) is 5.32 Å². The van der Waals surface area contributed by atoms with Gasteiger partial charge >= 0.3 is 6.09 Å². The van der Waals surface area contributed by atoms with E-state index in [-0.39, 0.29) is 18.2 Å². The maximum absolute atomic E-state index is 10.7. The largest absolute Gasteiger partial charge is 0.465 e. The third kappa shape index (κ3) is 3.88. The SMILES string of the molecule is CC(C)C(=O)CNC(=O)O. The van der Waals surface area contributed by atoms with E-state index in [0.717, 1.165) is 0 Å². The zero-order valence-electron chi connectivity index (χ0n) is 6.05. The van der Waals surface area contributed by atoms with Gasteiger partial charge in [-0.25, -0.2) is 4.79 Å². The van der Waals surface area contributed by atoms with E-state index in [9.17, 15) is 9.59 Å². The Morgan fingerprint density at radius 3 is 2.30 bits per heavy atom. The van der Waals surface area contributed by atoms with Crippen LogP contribution in [0.15, 0.2) is 0 Å². The highest BCUT2D eigenvalue weighted by Gasteiger charge is 2.06. The van der Waals surface area contributed by atoms with Crippen LogP contribution in [0.3, 0.4) is 0 Å². The number of carbonyl (C=O) groups excluding carboxylic acids is 1. The normalized spacial score (nSPS) is 9.50. The van der Waals surface area contributed by atoms with Crippen molar-refractivity contribution in [2.75, 3.05) is 6.54 Å². The molecule has 0 rings (SSSR count). The summed E-state index contributed by atoms with van der Waals surface area (Å²) in [6, 6.07) is 0. The van der Waals surface area contributed by atoms with E-state index in [1.54, 1.807) is 13.8 Å². The number of nitrogens with one attached hydrogen (secondary N) is 1. The van der Waals surface area contributed by atoms with Gasteiger partial charge in [0.25, 0.3) is 0 Å². The van der Waals surface area contributed by atoms with Gasteiger partial charge in [-0.05, 0) is 0 Å². The van der Waals surface area contributed by atoms with Crippen molar-refractivity contribution >= 4 is 11.9 Å². The molecule has 0 aromatic carbocycles. The van der Waals surface area contributed by atoms with Crippen molar-refractivity contribution < 1.29 is 14.7 Å². The molecular weight excluding hydrogens is 134 g/mol. The number of carboxylic acid groups (broad SMARTS) is 1. The zero-order valence-corrected chi connectivity index (χ0v) is 6.05. The molecule has 0 aromatic rings. The van der Waals surface area contributed by atoms with E-state index in [0.29, 0.717) is 0 Å². The van der Waals surface area contributed by atoms with Gasteiger partial charge in [0.05, 0.1) is 6.54 Å². The molecule has 0 aliphatic carbocycles. The zero-order chi connectivity index (χ0) is 8.15. The molecule has 0 saturated heterocycles. The maximum atomic E-state index is 10.7. The van der Waals surface area contributed by atoms with Crippen molar-refractivity contribution in [3.63, 3.8) is 0 Å². The second kappa shape index (κ2) is 3.87. The van der Waals surface area contributed by atoms with Crippen LogP contribution in [0.5, 0.6) is 0 Å². The quantitative estimate of drug-likeness (QED) is 0.607. The molecule has 0 unspecified atom stereocenters. The summed E-state index contributed by atoms with van der Waals surface area (Å²) in [6.45, 7) is 3.37. The van der Waals surface area contributed by atoms with E-state index in [2.05, 4.69) is 0 Å². The number of rotatable bonds is 3. The molecule has 0 atom stereocenters. The minimum absolute atomic E-state index is 0.0903. The van der Waals surface area contributed by atoms with Gasteiger partial charge in [0.2, 0.25) is 0 Å². The van der Waals surface area contributed by atoms with Gasteiger partial charge < -0.3 is 10.4 Å².